The van der Waals surface area contributed by atoms with Gasteiger partial charge in [-0.25, -0.2) is 0 Å². The number of methoxy groups -OCH3 is 1. The second-order valence-electron chi connectivity index (χ2n) is 3.14. The molecule has 0 aromatic heterocycles. The highest BCUT2D eigenvalue weighted by Crippen LogP contribution is 2.35. The third kappa shape index (κ3) is 1.79. The number of hydrogen-bond donors (Lipinski definition) is 1. The molecule has 2 aromatic rings. The maximum atomic E-state index is 9.89. The summed E-state index contributed by atoms with van der Waals surface area (Å²) in [6, 6.07) is 16.0. The first kappa shape index (κ1) is 9.59. The molecule has 0 amide bonds. The van der Waals surface area contributed by atoms with Gasteiger partial charge in [0.25, 0.3) is 0 Å². The molecule has 0 aliphatic rings. The van der Waals surface area contributed by atoms with Gasteiger partial charge in [0.15, 0.2) is 11.5 Å². The molecule has 0 atom stereocenters. The van der Waals surface area contributed by atoms with Crippen LogP contribution in [0, 0.1) is 6.07 Å². The van der Waals surface area contributed by atoms with Gasteiger partial charge in [-0.15, -0.1) is 0 Å². The fourth-order valence-corrected chi connectivity index (χ4v) is 1.46. The average Bonchev–Trinajstić information content (AvgIpc) is 2.30. The highest BCUT2D eigenvalue weighted by Gasteiger charge is 2.08. The monoisotopic (exact) mass is 199 g/mol. The van der Waals surface area contributed by atoms with Crippen molar-refractivity contribution in [2.45, 2.75) is 0 Å². The maximum Gasteiger partial charge on any atom is 0.166 e. The van der Waals surface area contributed by atoms with Crippen molar-refractivity contribution >= 4 is 0 Å². The van der Waals surface area contributed by atoms with Crippen molar-refractivity contribution in [1.82, 2.24) is 0 Å². The molecule has 0 heterocycles. The van der Waals surface area contributed by atoms with Crippen LogP contribution < -0.4 is 4.74 Å². The van der Waals surface area contributed by atoms with E-state index in [1.54, 1.807) is 12.1 Å². The van der Waals surface area contributed by atoms with E-state index < -0.39 is 0 Å². The molecule has 15 heavy (non-hydrogen) atoms. The van der Waals surface area contributed by atoms with Gasteiger partial charge in [-0.2, -0.15) is 0 Å². The van der Waals surface area contributed by atoms with Crippen LogP contribution in [-0.4, -0.2) is 12.2 Å². The van der Waals surface area contributed by atoms with Gasteiger partial charge < -0.3 is 9.84 Å². The van der Waals surface area contributed by atoms with Crippen molar-refractivity contribution in [2.75, 3.05) is 7.11 Å². The molecule has 2 heteroatoms. The third-order valence-corrected chi connectivity index (χ3v) is 2.21. The summed E-state index contributed by atoms with van der Waals surface area (Å²) in [4.78, 5) is 0. The molecule has 75 valence electrons. The lowest BCUT2D eigenvalue weighted by Gasteiger charge is -2.07. The molecule has 0 fully saturated rings. The molecule has 1 N–H and O–H groups in total. The zero-order valence-electron chi connectivity index (χ0n) is 8.40. The average molecular weight is 199 g/mol. The van der Waals surface area contributed by atoms with E-state index in [9.17, 15) is 5.11 Å². The quantitative estimate of drug-likeness (QED) is 0.805. The SMILES string of the molecule is COc1cc[c]c(-c2ccccc2)c1O. The summed E-state index contributed by atoms with van der Waals surface area (Å²) in [7, 11) is 1.53. The highest BCUT2D eigenvalue weighted by molar-refractivity contribution is 5.72. The van der Waals surface area contributed by atoms with Gasteiger partial charge in [0.05, 0.1) is 7.11 Å². The zero-order chi connectivity index (χ0) is 10.7. The van der Waals surface area contributed by atoms with E-state index in [1.807, 2.05) is 30.3 Å². The summed E-state index contributed by atoms with van der Waals surface area (Å²) in [5, 5.41) is 9.89. The van der Waals surface area contributed by atoms with Crippen LogP contribution in [0.3, 0.4) is 0 Å². The standard InChI is InChI=1S/C13H11O2/c1-15-12-9-5-8-11(13(12)14)10-6-3-2-4-7-10/h2-7,9,14H,1H3. The number of hydrogen-bond acceptors (Lipinski definition) is 2. The predicted molar refractivity (Wildman–Crippen MR) is 58.9 cm³/mol. The van der Waals surface area contributed by atoms with Gasteiger partial charge in [-0.1, -0.05) is 30.3 Å². The van der Waals surface area contributed by atoms with Crippen LogP contribution in [-0.2, 0) is 0 Å². The molecule has 0 aliphatic heterocycles. The Kier molecular flexibility index (Phi) is 2.59. The van der Waals surface area contributed by atoms with Crippen LogP contribution in [0.4, 0.5) is 0 Å². The summed E-state index contributed by atoms with van der Waals surface area (Å²) >= 11 is 0. The van der Waals surface area contributed by atoms with Crippen LogP contribution in [0.5, 0.6) is 11.5 Å². The molecule has 0 saturated heterocycles. The molecule has 0 saturated carbocycles. The maximum absolute atomic E-state index is 9.89. The molecule has 0 bridgehead atoms. The second kappa shape index (κ2) is 4.05. The summed E-state index contributed by atoms with van der Waals surface area (Å²) in [5.74, 6) is 0.596. The molecular weight excluding hydrogens is 188 g/mol. The second-order valence-corrected chi connectivity index (χ2v) is 3.14. The Morgan fingerprint density at radius 3 is 2.53 bits per heavy atom. The van der Waals surface area contributed by atoms with Crippen molar-refractivity contribution in [3.63, 3.8) is 0 Å². The topological polar surface area (TPSA) is 29.5 Å². The molecule has 2 aromatic carbocycles. The number of phenolic OH excluding ortho intramolecular Hbond substituents is 1. The molecule has 2 nitrogen and oxygen atoms in total. The first-order valence-electron chi connectivity index (χ1n) is 4.66. The van der Waals surface area contributed by atoms with E-state index in [4.69, 9.17) is 4.74 Å². The number of benzene rings is 2. The third-order valence-electron chi connectivity index (χ3n) is 2.21. The van der Waals surface area contributed by atoms with Crippen molar-refractivity contribution in [1.29, 1.82) is 0 Å². The zero-order valence-corrected chi connectivity index (χ0v) is 8.40. The molecule has 0 unspecified atom stereocenters. The van der Waals surface area contributed by atoms with Gasteiger partial charge in [-0.05, 0) is 23.8 Å². The van der Waals surface area contributed by atoms with Crippen LogP contribution in [0.25, 0.3) is 11.1 Å². The summed E-state index contributed by atoms with van der Waals surface area (Å²) in [6.07, 6.45) is 0. The number of ether oxygens (including phenoxy) is 1. The predicted octanol–water partition coefficient (Wildman–Crippen LogP) is 2.87. The van der Waals surface area contributed by atoms with Gasteiger partial charge in [0, 0.05) is 5.56 Å². The van der Waals surface area contributed by atoms with Gasteiger partial charge in [-0.3, -0.25) is 0 Å². The molecule has 1 radical (unpaired) electrons. The lowest BCUT2D eigenvalue weighted by Crippen LogP contribution is -1.86. The first-order chi connectivity index (χ1) is 7.33. The number of aromatic hydroxyl groups is 1. The summed E-state index contributed by atoms with van der Waals surface area (Å²) in [5.41, 5.74) is 1.59. The largest absolute Gasteiger partial charge is 0.504 e. The van der Waals surface area contributed by atoms with E-state index >= 15 is 0 Å². The molecule has 2 rings (SSSR count). The Hall–Kier alpha value is -1.96. The molecule has 0 aliphatic carbocycles. The highest BCUT2D eigenvalue weighted by atomic mass is 16.5. The van der Waals surface area contributed by atoms with Crippen LogP contribution >= 0.6 is 0 Å². The van der Waals surface area contributed by atoms with E-state index in [0.717, 1.165) is 5.56 Å². The Morgan fingerprint density at radius 2 is 1.87 bits per heavy atom. The van der Waals surface area contributed by atoms with E-state index in [1.165, 1.54) is 7.11 Å². The summed E-state index contributed by atoms with van der Waals surface area (Å²) < 4.78 is 5.04. The summed E-state index contributed by atoms with van der Waals surface area (Å²) in [6.45, 7) is 0. The lowest BCUT2D eigenvalue weighted by atomic mass is 10.0. The van der Waals surface area contributed by atoms with Crippen LogP contribution in [0.1, 0.15) is 0 Å². The minimum Gasteiger partial charge on any atom is -0.504 e. The van der Waals surface area contributed by atoms with Crippen LogP contribution in [0.15, 0.2) is 42.5 Å². The molecular formula is C13H11O2. The Morgan fingerprint density at radius 1 is 1.13 bits per heavy atom. The van der Waals surface area contributed by atoms with Crippen molar-refractivity contribution < 1.29 is 9.84 Å². The lowest BCUT2D eigenvalue weighted by molar-refractivity contribution is 0.374. The smallest absolute Gasteiger partial charge is 0.166 e. The first-order valence-corrected chi connectivity index (χ1v) is 4.66. The van der Waals surface area contributed by atoms with Gasteiger partial charge >= 0.3 is 0 Å². The van der Waals surface area contributed by atoms with Gasteiger partial charge in [0.1, 0.15) is 0 Å². The Balaban J connectivity index is 2.54. The van der Waals surface area contributed by atoms with E-state index in [-0.39, 0.29) is 5.75 Å². The fraction of sp³-hybridized carbons (Fsp3) is 0.0769. The van der Waals surface area contributed by atoms with Crippen molar-refractivity contribution in [2.24, 2.45) is 0 Å². The van der Waals surface area contributed by atoms with E-state index in [0.29, 0.717) is 11.3 Å². The minimum atomic E-state index is 0.131. The van der Waals surface area contributed by atoms with Gasteiger partial charge in [0.2, 0.25) is 0 Å². The molecule has 0 spiro atoms. The minimum absolute atomic E-state index is 0.131. The number of phenols is 1. The van der Waals surface area contributed by atoms with Crippen molar-refractivity contribution in [3.05, 3.63) is 48.5 Å². The van der Waals surface area contributed by atoms with Crippen LogP contribution in [0.2, 0.25) is 0 Å². The Bertz CT molecular complexity index is 449. The van der Waals surface area contributed by atoms with Crippen molar-refractivity contribution in [3.8, 4) is 22.6 Å². The Labute approximate surface area is 88.8 Å². The van der Waals surface area contributed by atoms with E-state index in [2.05, 4.69) is 6.07 Å². The fourth-order valence-electron chi connectivity index (χ4n) is 1.46. The normalized spacial score (nSPS) is 9.93. The number of rotatable bonds is 2.